The lowest BCUT2D eigenvalue weighted by Gasteiger charge is -2.07. The van der Waals surface area contributed by atoms with E-state index in [9.17, 15) is 0 Å². The van der Waals surface area contributed by atoms with Gasteiger partial charge in [-0.05, 0) is 29.7 Å². The molecule has 88 valence electrons. The molecule has 2 aromatic carbocycles. The number of rotatable bonds is 1. The fraction of sp³-hybridized carbons (Fsp3) is 0.0667. The second-order valence-electron chi connectivity index (χ2n) is 4.25. The summed E-state index contributed by atoms with van der Waals surface area (Å²) < 4.78 is 0. The predicted octanol–water partition coefficient (Wildman–Crippen LogP) is 4.26. The van der Waals surface area contributed by atoms with E-state index in [1.54, 1.807) is 6.20 Å². The van der Waals surface area contributed by atoms with Gasteiger partial charge in [0.2, 0.25) is 0 Å². The molecule has 0 N–H and O–H groups in total. The average Bonchev–Trinajstić information content (AvgIpc) is 2.39. The van der Waals surface area contributed by atoms with Gasteiger partial charge in [0, 0.05) is 10.8 Å². The molecule has 2 nitrogen and oxygen atoms in total. The Morgan fingerprint density at radius 2 is 1.89 bits per heavy atom. The fourth-order valence-corrected chi connectivity index (χ4v) is 2.33. The van der Waals surface area contributed by atoms with Gasteiger partial charge < -0.3 is 0 Å². The van der Waals surface area contributed by atoms with Crippen LogP contribution in [0.1, 0.15) is 5.56 Å². The van der Waals surface area contributed by atoms with Gasteiger partial charge in [-0.1, -0.05) is 48.0 Å². The van der Waals surface area contributed by atoms with Crippen molar-refractivity contribution in [2.24, 2.45) is 0 Å². The van der Waals surface area contributed by atoms with Gasteiger partial charge in [-0.15, -0.1) is 5.10 Å². The van der Waals surface area contributed by atoms with Gasteiger partial charge in [0.1, 0.15) is 0 Å². The summed E-state index contributed by atoms with van der Waals surface area (Å²) in [4.78, 5) is 0. The number of hydrogen-bond acceptors (Lipinski definition) is 2. The van der Waals surface area contributed by atoms with Crippen molar-refractivity contribution in [2.45, 2.75) is 6.92 Å². The maximum Gasteiger partial charge on any atom is 0.159 e. The Bertz CT molecular complexity index is 723. The topological polar surface area (TPSA) is 25.8 Å². The summed E-state index contributed by atoms with van der Waals surface area (Å²) in [6, 6.07) is 14.5. The van der Waals surface area contributed by atoms with Crippen LogP contribution in [0, 0.1) is 6.92 Å². The number of aromatic nitrogens is 2. The Balaban J connectivity index is 2.23. The first-order valence-corrected chi connectivity index (χ1v) is 6.10. The second kappa shape index (κ2) is 4.39. The van der Waals surface area contributed by atoms with Crippen LogP contribution in [0.2, 0.25) is 5.15 Å². The third-order valence-electron chi connectivity index (χ3n) is 3.07. The van der Waals surface area contributed by atoms with E-state index in [2.05, 4.69) is 41.4 Å². The van der Waals surface area contributed by atoms with Crippen LogP contribution < -0.4 is 0 Å². The Hall–Kier alpha value is -1.93. The van der Waals surface area contributed by atoms with E-state index in [1.807, 2.05) is 18.2 Å². The van der Waals surface area contributed by atoms with E-state index in [1.165, 1.54) is 16.7 Å². The van der Waals surface area contributed by atoms with Crippen molar-refractivity contribution in [2.75, 3.05) is 0 Å². The van der Waals surface area contributed by atoms with E-state index in [0.29, 0.717) is 5.15 Å². The molecule has 0 saturated carbocycles. The largest absolute Gasteiger partial charge is 0.159 e. The summed E-state index contributed by atoms with van der Waals surface area (Å²) in [6.07, 6.45) is 1.74. The van der Waals surface area contributed by atoms with Gasteiger partial charge in [-0.2, -0.15) is 5.10 Å². The Morgan fingerprint density at radius 1 is 1.06 bits per heavy atom. The first kappa shape index (κ1) is 11.2. The number of nitrogens with zero attached hydrogens (tertiary/aromatic N) is 2. The van der Waals surface area contributed by atoms with Crippen molar-refractivity contribution < 1.29 is 0 Å². The summed E-state index contributed by atoms with van der Waals surface area (Å²) in [5, 5.41) is 10.1. The highest BCUT2D eigenvalue weighted by Crippen LogP contribution is 2.28. The Morgan fingerprint density at radius 3 is 2.72 bits per heavy atom. The van der Waals surface area contributed by atoms with Crippen molar-refractivity contribution in [1.29, 1.82) is 0 Å². The van der Waals surface area contributed by atoms with E-state index in [4.69, 9.17) is 11.6 Å². The summed E-state index contributed by atoms with van der Waals surface area (Å²) in [5.41, 5.74) is 3.65. The summed E-state index contributed by atoms with van der Waals surface area (Å²) in [5.74, 6) is 0. The molecule has 1 heterocycles. The third-order valence-corrected chi connectivity index (χ3v) is 3.35. The van der Waals surface area contributed by atoms with Gasteiger partial charge in [-0.3, -0.25) is 0 Å². The molecule has 0 atom stereocenters. The maximum absolute atomic E-state index is 6.01. The normalized spacial score (nSPS) is 10.8. The zero-order chi connectivity index (χ0) is 12.5. The number of fused-ring (bicyclic) bond motifs is 1. The van der Waals surface area contributed by atoms with Crippen LogP contribution in [0.25, 0.3) is 21.9 Å². The molecular formula is C15H11ClN2. The third kappa shape index (κ3) is 1.85. The molecule has 0 aliphatic heterocycles. The molecule has 0 aliphatic rings. The lowest BCUT2D eigenvalue weighted by molar-refractivity contribution is 1.05. The molecule has 0 aliphatic carbocycles. The van der Waals surface area contributed by atoms with Crippen molar-refractivity contribution in [3.05, 3.63) is 59.4 Å². The zero-order valence-corrected chi connectivity index (χ0v) is 10.6. The lowest BCUT2D eigenvalue weighted by atomic mass is 9.99. The van der Waals surface area contributed by atoms with Crippen LogP contribution in [-0.2, 0) is 0 Å². The first-order valence-electron chi connectivity index (χ1n) is 5.72. The van der Waals surface area contributed by atoms with Crippen molar-refractivity contribution >= 4 is 22.4 Å². The maximum atomic E-state index is 6.01. The Kier molecular flexibility index (Phi) is 2.73. The Labute approximate surface area is 110 Å². The summed E-state index contributed by atoms with van der Waals surface area (Å²) in [7, 11) is 0. The second-order valence-corrected chi connectivity index (χ2v) is 4.61. The molecule has 0 spiro atoms. The lowest BCUT2D eigenvalue weighted by Crippen LogP contribution is -1.86. The van der Waals surface area contributed by atoms with Gasteiger partial charge >= 0.3 is 0 Å². The molecule has 3 heteroatoms. The average molecular weight is 255 g/mol. The minimum Gasteiger partial charge on any atom is -0.157 e. The molecule has 3 aromatic rings. The number of halogens is 1. The highest BCUT2D eigenvalue weighted by Gasteiger charge is 2.05. The zero-order valence-electron chi connectivity index (χ0n) is 9.89. The quantitative estimate of drug-likeness (QED) is 0.648. The molecule has 0 saturated heterocycles. The van der Waals surface area contributed by atoms with Crippen LogP contribution in [0.3, 0.4) is 0 Å². The van der Waals surface area contributed by atoms with Crippen molar-refractivity contribution in [3.63, 3.8) is 0 Å². The highest BCUT2D eigenvalue weighted by atomic mass is 35.5. The molecule has 0 bridgehead atoms. The van der Waals surface area contributed by atoms with Crippen LogP contribution >= 0.6 is 11.6 Å². The summed E-state index contributed by atoms with van der Waals surface area (Å²) in [6.45, 7) is 2.11. The van der Waals surface area contributed by atoms with Crippen molar-refractivity contribution in [1.82, 2.24) is 10.2 Å². The van der Waals surface area contributed by atoms with Gasteiger partial charge in [0.25, 0.3) is 0 Å². The monoisotopic (exact) mass is 254 g/mol. The molecule has 1 aromatic heterocycles. The highest BCUT2D eigenvalue weighted by molar-refractivity contribution is 6.34. The van der Waals surface area contributed by atoms with E-state index >= 15 is 0 Å². The van der Waals surface area contributed by atoms with Gasteiger partial charge in [-0.25, -0.2) is 0 Å². The number of benzene rings is 2. The minimum atomic E-state index is 0.448. The van der Waals surface area contributed by atoms with Crippen LogP contribution in [0.4, 0.5) is 0 Å². The van der Waals surface area contributed by atoms with E-state index < -0.39 is 0 Å². The molecule has 0 radical (unpaired) electrons. The number of hydrogen-bond donors (Lipinski definition) is 0. The molecule has 18 heavy (non-hydrogen) atoms. The SMILES string of the molecule is Cc1ccccc1-c1ccc2c(Cl)nncc2c1. The van der Waals surface area contributed by atoms with E-state index in [-0.39, 0.29) is 0 Å². The first-order chi connectivity index (χ1) is 8.75. The van der Waals surface area contributed by atoms with Crippen LogP contribution in [-0.4, -0.2) is 10.2 Å². The number of aryl methyl sites for hydroxylation is 1. The minimum absolute atomic E-state index is 0.448. The molecule has 0 amide bonds. The standard InChI is InChI=1S/C15H11ClN2/c1-10-4-2-3-5-13(10)11-6-7-14-12(8-11)9-17-18-15(14)16/h2-9H,1H3. The van der Waals surface area contributed by atoms with Gasteiger partial charge in [0.05, 0.1) is 6.20 Å². The predicted molar refractivity (Wildman–Crippen MR) is 74.7 cm³/mol. The van der Waals surface area contributed by atoms with Crippen LogP contribution in [0.5, 0.6) is 0 Å². The van der Waals surface area contributed by atoms with Crippen molar-refractivity contribution in [3.8, 4) is 11.1 Å². The van der Waals surface area contributed by atoms with Crippen LogP contribution in [0.15, 0.2) is 48.7 Å². The fourth-order valence-electron chi connectivity index (χ4n) is 2.12. The summed E-state index contributed by atoms with van der Waals surface area (Å²) >= 11 is 6.01. The molecule has 3 rings (SSSR count). The molecule has 0 fully saturated rings. The molecular weight excluding hydrogens is 244 g/mol. The van der Waals surface area contributed by atoms with Gasteiger partial charge in [0.15, 0.2) is 5.15 Å². The van der Waals surface area contributed by atoms with E-state index in [0.717, 1.165) is 10.8 Å². The smallest absolute Gasteiger partial charge is 0.157 e. The molecule has 0 unspecified atom stereocenters.